The summed E-state index contributed by atoms with van der Waals surface area (Å²) in [5.41, 5.74) is 8.25. The van der Waals surface area contributed by atoms with E-state index in [1.807, 2.05) is 13.0 Å². The van der Waals surface area contributed by atoms with Gasteiger partial charge in [0.25, 0.3) is 0 Å². The maximum absolute atomic E-state index is 6.13. The van der Waals surface area contributed by atoms with E-state index >= 15 is 0 Å². The molecule has 17 heavy (non-hydrogen) atoms. The SMILES string of the molecule is Cc1c(-c2cc(N)n[nH]2)cc(Cl)c2c1OCO2. The quantitative estimate of drug-likeness (QED) is 0.816. The Morgan fingerprint density at radius 1 is 1.35 bits per heavy atom. The fraction of sp³-hybridized carbons (Fsp3) is 0.182. The average molecular weight is 252 g/mol. The second kappa shape index (κ2) is 3.56. The van der Waals surface area contributed by atoms with Crippen LogP contribution in [-0.4, -0.2) is 17.0 Å². The third kappa shape index (κ3) is 1.51. The first-order valence-corrected chi connectivity index (χ1v) is 5.44. The van der Waals surface area contributed by atoms with Crippen LogP contribution in [0, 0.1) is 6.92 Å². The Kier molecular flexibility index (Phi) is 2.16. The van der Waals surface area contributed by atoms with Crippen LogP contribution in [-0.2, 0) is 0 Å². The molecule has 0 spiro atoms. The minimum absolute atomic E-state index is 0.199. The number of ether oxygens (including phenoxy) is 2. The van der Waals surface area contributed by atoms with Gasteiger partial charge in [-0.2, -0.15) is 5.10 Å². The summed E-state index contributed by atoms with van der Waals surface area (Å²) < 4.78 is 10.7. The lowest BCUT2D eigenvalue weighted by Gasteiger charge is -2.08. The van der Waals surface area contributed by atoms with Gasteiger partial charge < -0.3 is 15.2 Å². The lowest BCUT2D eigenvalue weighted by atomic mass is 10.0. The molecule has 0 aliphatic carbocycles. The van der Waals surface area contributed by atoms with Gasteiger partial charge in [0.15, 0.2) is 11.5 Å². The number of nitrogens with two attached hydrogens (primary N) is 1. The zero-order valence-electron chi connectivity index (χ0n) is 9.08. The molecule has 1 aromatic heterocycles. The van der Waals surface area contributed by atoms with Crippen LogP contribution in [0.4, 0.5) is 5.82 Å². The van der Waals surface area contributed by atoms with Gasteiger partial charge in [-0.05, 0) is 13.0 Å². The Morgan fingerprint density at radius 2 is 2.12 bits per heavy atom. The molecule has 88 valence electrons. The van der Waals surface area contributed by atoms with Crippen LogP contribution in [0.2, 0.25) is 5.02 Å². The van der Waals surface area contributed by atoms with Crippen molar-refractivity contribution in [1.29, 1.82) is 0 Å². The number of nitrogen functional groups attached to an aromatic ring is 1. The molecule has 3 rings (SSSR count). The smallest absolute Gasteiger partial charge is 0.231 e. The van der Waals surface area contributed by atoms with Gasteiger partial charge in [0.2, 0.25) is 6.79 Å². The second-order valence-corrected chi connectivity index (χ2v) is 4.21. The van der Waals surface area contributed by atoms with Crippen molar-refractivity contribution in [3.8, 4) is 22.8 Å². The van der Waals surface area contributed by atoms with Gasteiger partial charge in [-0.1, -0.05) is 11.6 Å². The number of nitrogens with one attached hydrogen (secondary N) is 1. The molecule has 5 nitrogen and oxygen atoms in total. The van der Waals surface area contributed by atoms with Crippen LogP contribution in [0.15, 0.2) is 12.1 Å². The van der Waals surface area contributed by atoms with Crippen molar-refractivity contribution >= 4 is 17.4 Å². The number of nitrogens with zero attached hydrogens (tertiary/aromatic N) is 1. The zero-order valence-corrected chi connectivity index (χ0v) is 9.84. The monoisotopic (exact) mass is 251 g/mol. The predicted molar refractivity (Wildman–Crippen MR) is 64.3 cm³/mol. The summed E-state index contributed by atoms with van der Waals surface area (Å²) in [5, 5.41) is 7.27. The van der Waals surface area contributed by atoms with Gasteiger partial charge in [0.05, 0.1) is 10.7 Å². The Labute approximate surface area is 102 Å². The maximum Gasteiger partial charge on any atom is 0.231 e. The van der Waals surface area contributed by atoms with Crippen molar-refractivity contribution < 1.29 is 9.47 Å². The largest absolute Gasteiger partial charge is 0.453 e. The molecule has 6 heteroatoms. The molecule has 0 radical (unpaired) electrons. The minimum atomic E-state index is 0.199. The fourth-order valence-electron chi connectivity index (χ4n) is 1.91. The molecule has 1 aliphatic rings. The van der Waals surface area contributed by atoms with Crippen LogP contribution in [0.3, 0.4) is 0 Å². The Balaban J connectivity index is 2.22. The Morgan fingerprint density at radius 3 is 2.82 bits per heavy atom. The van der Waals surface area contributed by atoms with Crippen molar-refractivity contribution in [2.45, 2.75) is 6.92 Å². The second-order valence-electron chi connectivity index (χ2n) is 3.80. The highest BCUT2D eigenvalue weighted by Crippen LogP contribution is 2.45. The number of rotatable bonds is 1. The number of anilines is 1. The van der Waals surface area contributed by atoms with Crippen LogP contribution < -0.4 is 15.2 Å². The summed E-state index contributed by atoms with van der Waals surface area (Å²) in [6.07, 6.45) is 0. The Hall–Kier alpha value is -1.88. The average Bonchev–Trinajstić information content (AvgIpc) is 2.91. The van der Waals surface area contributed by atoms with Crippen molar-refractivity contribution in [2.24, 2.45) is 0 Å². The fourth-order valence-corrected chi connectivity index (χ4v) is 2.16. The summed E-state index contributed by atoms with van der Waals surface area (Å²) in [5.74, 6) is 1.72. The third-order valence-corrected chi connectivity index (χ3v) is 3.01. The van der Waals surface area contributed by atoms with Gasteiger partial charge in [-0.3, -0.25) is 5.10 Å². The van der Waals surface area contributed by atoms with Gasteiger partial charge in [0, 0.05) is 17.2 Å². The van der Waals surface area contributed by atoms with E-state index in [1.54, 1.807) is 6.07 Å². The molecule has 2 aromatic rings. The van der Waals surface area contributed by atoms with E-state index in [0.717, 1.165) is 16.8 Å². The highest BCUT2D eigenvalue weighted by atomic mass is 35.5. The van der Waals surface area contributed by atoms with E-state index in [-0.39, 0.29) is 6.79 Å². The predicted octanol–water partition coefficient (Wildman–Crippen LogP) is 2.35. The lowest BCUT2D eigenvalue weighted by Crippen LogP contribution is -1.93. The third-order valence-electron chi connectivity index (χ3n) is 2.73. The number of aromatic amines is 1. The van der Waals surface area contributed by atoms with E-state index < -0.39 is 0 Å². The number of benzene rings is 1. The summed E-state index contributed by atoms with van der Waals surface area (Å²) in [6.45, 7) is 2.14. The topological polar surface area (TPSA) is 73.2 Å². The van der Waals surface area contributed by atoms with Gasteiger partial charge in [-0.15, -0.1) is 0 Å². The molecule has 0 fully saturated rings. The highest BCUT2D eigenvalue weighted by molar-refractivity contribution is 6.32. The van der Waals surface area contributed by atoms with Crippen LogP contribution in [0.1, 0.15) is 5.56 Å². The first-order valence-electron chi connectivity index (χ1n) is 5.07. The summed E-state index contributed by atoms with van der Waals surface area (Å²) in [4.78, 5) is 0. The van der Waals surface area contributed by atoms with Gasteiger partial charge in [-0.25, -0.2) is 0 Å². The van der Waals surface area contributed by atoms with Crippen molar-refractivity contribution in [3.63, 3.8) is 0 Å². The van der Waals surface area contributed by atoms with Crippen molar-refractivity contribution in [3.05, 3.63) is 22.7 Å². The van der Waals surface area contributed by atoms with Gasteiger partial charge >= 0.3 is 0 Å². The van der Waals surface area contributed by atoms with E-state index in [2.05, 4.69) is 10.2 Å². The highest BCUT2D eigenvalue weighted by Gasteiger charge is 2.23. The lowest BCUT2D eigenvalue weighted by molar-refractivity contribution is 0.173. The molecule has 0 saturated carbocycles. The summed E-state index contributed by atoms with van der Waals surface area (Å²) >= 11 is 6.13. The van der Waals surface area contributed by atoms with Crippen molar-refractivity contribution in [1.82, 2.24) is 10.2 Å². The van der Waals surface area contributed by atoms with E-state index in [1.165, 1.54) is 0 Å². The molecule has 1 aliphatic heterocycles. The molecule has 0 bridgehead atoms. The Bertz CT molecular complexity index is 595. The molecule has 0 amide bonds. The molecular formula is C11H10ClN3O2. The number of hydrogen-bond acceptors (Lipinski definition) is 4. The van der Waals surface area contributed by atoms with Gasteiger partial charge in [0.1, 0.15) is 5.82 Å². The molecule has 0 saturated heterocycles. The standard InChI is InChI=1S/C11H10ClN3O2/c1-5-6(8-3-9(13)15-14-8)2-7(12)11-10(5)16-4-17-11/h2-3H,4H2,1H3,(H3,13,14,15). The molecule has 0 atom stereocenters. The van der Waals surface area contributed by atoms with E-state index in [4.69, 9.17) is 26.8 Å². The van der Waals surface area contributed by atoms with E-state index in [9.17, 15) is 0 Å². The summed E-state index contributed by atoms with van der Waals surface area (Å²) in [7, 11) is 0. The first kappa shape index (κ1) is 10.3. The molecule has 2 heterocycles. The maximum atomic E-state index is 6.13. The minimum Gasteiger partial charge on any atom is -0.453 e. The molecular weight excluding hydrogens is 242 g/mol. The van der Waals surface area contributed by atoms with Crippen LogP contribution >= 0.6 is 11.6 Å². The number of H-pyrrole nitrogens is 1. The molecule has 0 unspecified atom stereocenters. The number of fused-ring (bicyclic) bond motifs is 1. The summed E-state index contributed by atoms with van der Waals surface area (Å²) in [6, 6.07) is 3.57. The van der Waals surface area contributed by atoms with E-state index in [0.29, 0.717) is 22.3 Å². The van der Waals surface area contributed by atoms with Crippen LogP contribution in [0.5, 0.6) is 11.5 Å². The number of hydrogen-bond donors (Lipinski definition) is 2. The first-order chi connectivity index (χ1) is 8.16. The number of aromatic nitrogens is 2. The molecule has 3 N–H and O–H groups in total. The molecule has 1 aromatic carbocycles. The van der Waals surface area contributed by atoms with Crippen molar-refractivity contribution in [2.75, 3.05) is 12.5 Å². The number of halogens is 1. The zero-order chi connectivity index (χ0) is 12.0. The normalized spacial score (nSPS) is 13.1. The van der Waals surface area contributed by atoms with Crippen LogP contribution in [0.25, 0.3) is 11.3 Å².